The van der Waals surface area contributed by atoms with Crippen LogP contribution in [0.3, 0.4) is 0 Å². The molecule has 0 spiro atoms. The molecular formula is C16H14ClN3O. The summed E-state index contributed by atoms with van der Waals surface area (Å²) in [6, 6.07) is 11.4. The van der Waals surface area contributed by atoms with Gasteiger partial charge in [0.15, 0.2) is 0 Å². The van der Waals surface area contributed by atoms with Gasteiger partial charge in [0.2, 0.25) is 5.91 Å². The molecule has 3 aromatic rings. The Labute approximate surface area is 127 Å². The monoisotopic (exact) mass is 299 g/mol. The van der Waals surface area contributed by atoms with Crippen molar-refractivity contribution >= 4 is 29.0 Å². The van der Waals surface area contributed by atoms with Gasteiger partial charge >= 0.3 is 0 Å². The number of hydrogen-bond acceptors (Lipinski definition) is 2. The van der Waals surface area contributed by atoms with Gasteiger partial charge in [0.05, 0.1) is 0 Å². The van der Waals surface area contributed by atoms with Crippen LogP contribution in [0.4, 0.5) is 5.82 Å². The standard InChI is InChI=1S/C16H14ClN3O/c1-10-7-8-20-14(9-10)19-15(16(20)18-11(2)21)12-3-5-13(17)6-4-12/h3-9H,1-2H3,(H,18,21). The highest BCUT2D eigenvalue weighted by Gasteiger charge is 2.15. The second-order valence-electron chi connectivity index (χ2n) is 4.93. The van der Waals surface area contributed by atoms with Crippen molar-refractivity contribution < 1.29 is 4.79 Å². The Balaban J connectivity index is 2.24. The molecule has 0 bridgehead atoms. The normalized spacial score (nSPS) is 10.8. The maximum absolute atomic E-state index is 11.5. The Morgan fingerprint density at radius 2 is 1.95 bits per heavy atom. The Morgan fingerprint density at radius 1 is 1.24 bits per heavy atom. The third-order valence-electron chi connectivity index (χ3n) is 3.19. The molecule has 2 aromatic heterocycles. The summed E-state index contributed by atoms with van der Waals surface area (Å²) in [7, 11) is 0. The van der Waals surface area contributed by atoms with E-state index in [1.54, 1.807) is 0 Å². The van der Waals surface area contributed by atoms with Crippen LogP contribution in [-0.4, -0.2) is 15.3 Å². The lowest BCUT2D eigenvalue weighted by molar-refractivity contribution is -0.114. The number of halogens is 1. The molecule has 0 fully saturated rings. The molecule has 0 aliphatic carbocycles. The highest BCUT2D eigenvalue weighted by atomic mass is 35.5. The van der Waals surface area contributed by atoms with Gasteiger partial charge in [-0.3, -0.25) is 9.20 Å². The van der Waals surface area contributed by atoms with Gasteiger partial charge in [0, 0.05) is 23.7 Å². The topological polar surface area (TPSA) is 46.4 Å². The number of carbonyl (C=O) groups excluding carboxylic acids is 1. The Morgan fingerprint density at radius 3 is 2.62 bits per heavy atom. The molecule has 0 radical (unpaired) electrons. The summed E-state index contributed by atoms with van der Waals surface area (Å²) in [5.74, 6) is 0.535. The van der Waals surface area contributed by atoms with E-state index in [1.165, 1.54) is 6.92 Å². The summed E-state index contributed by atoms with van der Waals surface area (Å²) in [5.41, 5.74) is 3.55. The van der Waals surface area contributed by atoms with Crippen LogP contribution >= 0.6 is 11.6 Å². The first-order chi connectivity index (χ1) is 10.0. The minimum Gasteiger partial charge on any atom is -0.310 e. The third kappa shape index (κ3) is 2.62. The van der Waals surface area contributed by atoms with Gasteiger partial charge in [-0.25, -0.2) is 4.98 Å². The van der Waals surface area contributed by atoms with Crippen molar-refractivity contribution in [2.45, 2.75) is 13.8 Å². The number of nitrogens with zero attached hydrogens (tertiary/aromatic N) is 2. The lowest BCUT2D eigenvalue weighted by Crippen LogP contribution is -2.09. The van der Waals surface area contributed by atoms with Gasteiger partial charge in [-0.2, -0.15) is 0 Å². The summed E-state index contributed by atoms with van der Waals surface area (Å²) in [6.45, 7) is 3.49. The largest absolute Gasteiger partial charge is 0.310 e. The summed E-state index contributed by atoms with van der Waals surface area (Å²) < 4.78 is 1.87. The van der Waals surface area contributed by atoms with E-state index >= 15 is 0 Å². The van der Waals surface area contributed by atoms with E-state index in [2.05, 4.69) is 10.3 Å². The van der Waals surface area contributed by atoms with Crippen LogP contribution in [0.25, 0.3) is 16.9 Å². The number of aromatic nitrogens is 2. The lowest BCUT2D eigenvalue weighted by atomic mass is 10.1. The molecule has 0 unspecified atom stereocenters. The lowest BCUT2D eigenvalue weighted by Gasteiger charge is -2.05. The zero-order valence-corrected chi connectivity index (χ0v) is 12.5. The van der Waals surface area contributed by atoms with Gasteiger partial charge in [0.1, 0.15) is 17.2 Å². The third-order valence-corrected chi connectivity index (χ3v) is 3.45. The predicted molar refractivity (Wildman–Crippen MR) is 84.7 cm³/mol. The van der Waals surface area contributed by atoms with Crippen molar-refractivity contribution in [3.63, 3.8) is 0 Å². The van der Waals surface area contributed by atoms with Crippen LogP contribution in [0, 0.1) is 6.92 Å². The number of amides is 1. The van der Waals surface area contributed by atoms with Gasteiger partial charge in [0.25, 0.3) is 0 Å². The maximum Gasteiger partial charge on any atom is 0.222 e. The molecule has 1 amide bonds. The first-order valence-corrected chi connectivity index (χ1v) is 6.94. The molecule has 4 nitrogen and oxygen atoms in total. The highest BCUT2D eigenvalue weighted by molar-refractivity contribution is 6.30. The van der Waals surface area contributed by atoms with E-state index < -0.39 is 0 Å². The molecule has 1 aromatic carbocycles. The van der Waals surface area contributed by atoms with Crippen molar-refractivity contribution in [2.75, 3.05) is 5.32 Å². The molecule has 0 atom stereocenters. The molecule has 2 heterocycles. The molecule has 106 valence electrons. The highest BCUT2D eigenvalue weighted by Crippen LogP contribution is 2.29. The van der Waals surface area contributed by atoms with Crippen LogP contribution in [0.1, 0.15) is 12.5 Å². The molecule has 5 heteroatoms. The Kier molecular flexibility index (Phi) is 3.39. The molecule has 1 N–H and O–H groups in total. The zero-order valence-electron chi connectivity index (χ0n) is 11.7. The van der Waals surface area contributed by atoms with E-state index in [-0.39, 0.29) is 5.91 Å². The van der Waals surface area contributed by atoms with Crippen LogP contribution in [0.15, 0.2) is 42.6 Å². The summed E-state index contributed by atoms with van der Waals surface area (Å²) >= 11 is 5.93. The summed E-state index contributed by atoms with van der Waals surface area (Å²) in [6.07, 6.45) is 1.91. The van der Waals surface area contributed by atoms with E-state index in [1.807, 2.05) is 53.9 Å². The number of rotatable bonds is 2. The molecule has 0 aliphatic heterocycles. The molecule has 0 aliphatic rings. The number of anilines is 1. The van der Waals surface area contributed by atoms with Gasteiger partial charge in [-0.1, -0.05) is 23.7 Å². The number of nitrogens with one attached hydrogen (secondary N) is 1. The van der Waals surface area contributed by atoms with E-state index in [0.717, 1.165) is 22.5 Å². The number of pyridine rings is 1. The summed E-state index contributed by atoms with van der Waals surface area (Å²) in [4.78, 5) is 16.1. The fourth-order valence-corrected chi connectivity index (χ4v) is 2.37. The zero-order chi connectivity index (χ0) is 15.0. The first-order valence-electron chi connectivity index (χ1n) is 6.57. The van der Waals surface area contributed by atoms with E-state index in [0.29, 0.717) is 10.8 Å². The number of aryl methyl sites for hydroxylation is 1. The maximum atomic E-state index is 11.5. The fourth-order valence-electron chi connectivity index (χ4n) is 2.24. The average Bonchev–Trinajstić information content (AvgIpc) is 2.77. The minimum atomic E-state index is -0.132. The van der Waals surface area contributed by atoms with Crippen molar-refractivity contribution in [2.24, 2.45) is 0 Å². The van der Waals surface area contributed by atoms with Crippen molar-refractivity contribution in [1.29, 1.82) is 0 Å². The summed E-state index contributed by atoms with van der Waals surface area (Å²) in [5, 5.41) is 3.52. The Hall–Kier alpha value is -2.33. The minimum absolute atomic E-state index is 0.132. The van der Waals surface area contributed by atoms with Gasteiger partial charge < -0.3 is 5.32 Å². The van der Waals surface area contributed by atoms with Crippen LogP contribution in [0.5, 0.6) is 0 Å². The molecule has 21 heavy (non-hydrogen) atoms. The molecular weight excluding hydrogens is 286 g/mol. The number of imidazole rings is 1. The Bertz CT molecular complexity index is 821. The number of hydrogen-bond donors (Lipinski definition) is 1. The quantitative estimate of drug-likeness (QED) is 0.779. The van der Waals surface area contributed by atoms with Crippen molar-refractivity contribution in [3.8, 4) is 11.3 Å². The molecule has 0 saturated carbocycles. The molecule has 0 saturated heterocycles. The van der Waals surface area contributed by atoms with Crippen LogP contribution in [0.2, 0.25) is 5.02 Å². The number of benzene rings is 1. The molecule has 3 rings (SSSR count). The fraction of sp³-hybridized carbons (Fsp3) is 0.125. The van der Waals surface area contributed by atoms with Crippen molar-refractivity contribution in [1.82, 2.24) is 9.38 Å². The SMILES string of the molecule is CC(=O)Nc1c(-c2ccc(Cl)cc2)nc2cc(C)ccn12. The number of fused-ring (bicyclic) bond motifs is 1. The second kappa shape index (κ2) is 5.22. The second-order valence-corrected chi connectivity index (χ2v) is 5.37. The first kappa shape index (κ1) is 13.6. The van der Waals surface area contributed by atoms with Crippen LogP contribution < -0.4 is 5.32 Å². The predicted octanol–water partition coefficient (Wildman–Crippen LogP) is 3.92. The average molecular weight is 300 g/mol. The number of carbonyl (C=O) groups is 1. The van der Waals surface area contributed by atoms with Crippen molar-refractivity contribution in [3.05, 3.63) is 53.2 Å². The van der Waals surface area contributed by atoms with Gasteiger partial charge in [-0.15, -0.1) is 0 Å². The van der Waals surface area contributed by atoms with E-state index in [4.69, 9.17) is 11.6 Å². The smallest absolute Gasteiger partial charge is 0.222 e. The van der Waals surface area contributed by atoms with E-state index in [9.17, 15) is 4.79 Å². The van der Waals surface area contributed by atoms with Gasteiger partial charge in [-0.05, 0) is 36.8 Å². The van der Waals surface area contributed by atoms with Crippen LogP contribution in [-0.2, 0) is 4.79 Å².